The van der Waals surface area contributed by atoms with Crippen LogP contribution in [0, 0.1) is 10.1 Å². The lowest BCUT2D eigenvalue weighted by atomic mass is 10.2. The molecular formula is C22H22ClN3O6. The molecule has 2 aromatic carbocycles. The summed E-state index contributed by atoms with van der Waals surface area (Å²) in [7, 11) is 0. The summed E-state index contributed by atoms with van der Waals surface area (Å²) in [5, 5.41) is 13.4. The van der Waals surface area contributed by atoms with Crippen LogP contribution < -0.4 is 5.32 Å². The van der Waals surface area contributed by atoms with Crippen LogP contribution in [0.2, 0.25) is 5.02 Å². The molecule has 0 aliphatic rings. The van der Waals surface area contributed by atoms with Crippen molar-refractivity contribution < 1.29 is 24.0 Å². The van der Waals surface area contributed by atoms with Crippen molar-refractivity contribution in [1.29, 1.82) is 0 Å². The first kappa shape index (κ1) is 24.5. The zero-order valence-corrected chi connectivity index (χ0v) is 18.3. The van der Waals surface area contributed by atoms with Crippen molar-refractivity contribution in [2.75, 3.05) is 25.0 Å². The first-order valence-electron chi connectivity index (χ1n) is 9.73. The van der Waals surface area contributed by atoms with Gasteiger partial charge in [-0.25, -0.2) is 4.79 Å². The number of halogens is 1. The van der Waals surface area contributed by atoms with Gasteiger partial charge >= 0.3 is 5.97 Å². The van der Waals surface area contributed by atoms with Crippen molar-refractivity contribution >= 4 is 46.8 Å². The smallest absolute Gasteiger partial charge is 0.331 e. The highest BCUT2D eigenvalue weighted by atomic mass is 35.5. The molecule has 0 atom stereocenters. The minimum absolute atomic E-state index is 0.0168. The number of nitrogens with zero attached hydrogens (tertiary/aromatic N) is 2. The molecule has 9 nitrogen and oxygen atoms in total. The lowest BCUT2D eigenvalue weighted by molar-refractivity contribution is -0.384. The molecule has 1 N–H and O–H groups in total. The van der Waals surface area contributed by atoms with Crippen molar-refractivity contribution in [3.63, 3.8) is 0 Å². The Morgan fingerprint density at radius 1 is 1.12 bits per heavy atom. The molecule has 2 amide bonds. The van der Waals surface area contributed by atoms with Crippen molar-refractivity contribution in [2.24, 2.45) is 0 Å². The van der Waals surface area contributed by atoms with Crippen molar-refractivity contribution in [3.8, 4) is 0 Å². The first-order valence-corrected chi connectivity index (χ1v) is 10.1. The Morgan fingerprint density at radius 2 is 1.78 bits per heavy atom. The van der Waals surface area contributed by atoms with E-state index in [2.05, 4.69) is 5.32 Å². The quantitative estimate of drug-likeness (QED) is 0.262. The second-order valence-corrected chi connectivity index (χ2v) is 6.92. The second-order valence-electron chi connectivity index (χ2n) is 6.51. The lowest BCUT2D eigenvalue weighted by Gasteiger charge is -2.18. The maximum atomic E-state index is 12.3. The number of amides is 2. The van der Waals surface area contributed by atoms with Gasteiger partial charge in [0.15, 0.2) is 6.61 Å². The van der Waals surface area contributed by atoms with Crippen molar-refractivity contribution in [1.82, 2.24) is 4.90 Å². The van der Waals surface area contributed by atoms with E-state index in [0.717, 1.165) is 6.08 Å². The number of nitro groups is 1. The van der Waals surface area contributed by atoms with E-state index < -0.39 is 23.4 Å². The number of carbonyl (C=O) groups is 3. The van der Waals surface area contributed by atoms with E-state index in [-0.39, 0.29) is 16.6 Å². The minimum atomic E-state index is -0.794. The lowest BCUT2D eigenvalue weighted by Crippen LogP contribution is -2.30. The average molecular weight is 460 g/mol. The maximum Gasteiger partial charge on any atom is 0.331 e. The van der Waals surface area contributed by atoms with Crippen LogP contribution >= 0.6 is 11.6 Å². The van der Waals surface area contributed by atoms with Crippen LogP contribution in [-0.2, 0) is 14.3 Å². The van der Waals surface area contributed by atoms with Crippen LogP contribution in [0.1, 0.15) is 29.8 Å². The fraction of sp³-hybridized carbons (Fsp3) is 0.227. The second kappa shape index (κ2) is 11.6. The number of esters is 1. The van der Waals surface area contributed by atoms with Crippen molar-refractivity contribution in [3.05, 3.63) is 74.8 Å². The molecule has 10 heteroatoms. The molecule has 2 aromatic rings. The monoisotopic (exact) mass is 459 g/mol. The largest absolute Gasteiger partial charge is 0.452 e. The summed E-state index contributed by atoms with van der Waals surface area (Å²) in [6.07, 6.45) is 2.36. The zero-order valence-electron chi connectivity index (χ0n) is 17.5. The standard InChI is InChI=1S/C22H22ClN3O6/c1-3-25(4-2)22(29)16-7-9-17(10-8-16)24-20(27)14-32-21(28)12-6-15-5-11-18(23)19(13-15)26(30)31/h5-13H,3-4,14H2,1-2H3,(H,24,27)/b12-6+. The molecule has 0 saturated heterocycles. The number of carbonyl (C=O) groups excluding carboxylic acids is 3. The van der Waals surface area contributed by atoms with Gasteiger partial charge in [0.05, 0.1) is 4.92 Å². The van der Waals surface area contributed by atoms with Crippen LogP contribution in [0.3, 0.4) is 0 Å². The molecule has 32 heavy (non-hydrogen) atoms. The summed E-state index contributed by atoms with van der Waals surface area (Å²) in [4.78, 5) is 48.0. The van der Waals surface area contributed by atoms with Crippen LogP contribution in [0.4, 0.5) is 11.4 Å². The molecule has 0 aromatic heterocycles. The molecule has 0 aliphatic heterocycles. The third kappa shape index (κ3) is 6.92. The number of nitrogens with one attached hydrogen (secondary N) is 1. The number of ether oxygens (including phenoxy) is 1. The Labute approximate surface area is 189 Å². The van der Waals surface area contributed by atoms with Gasteiger partial charge in [0.25, 0.3) is 17.5 Å². The van der Waals surface area contributed by atoms with Gasteiger partial charge < -0.3 is 15.0 Å². The summed E-state index contributed by atoms with van der Waals surface area (Å²) in [5.41, 5.74) is 1.05. The summed E-state index contributed by atoms with van der Waals surface area (Å²) in [6.45, 7) is 4.46. The van der Waals surface area contributed by atoms with Gasteiger partial charge in [-0.05, 0) is 55.8 Å². The molecule has 0 radical (unpaired) electrons. The molecule has 168 valence electrons. The number of hydrogen-bond donors (Lipinski definition) is 1. The minimum Gasteiger partial charge on any atom is -0.452 e. The number of hydrogen-bond acceptors (Lipinski definition) is 6. The SMILES string of the molecule is CCN(CC)C(=O)c1ccc(NC(=O)COC(=O)/C=C/c2ccc(Cl)c([N+](=O)[O-])c2)cc1. The first-order chi connectivity index (χ1) is 15.2. The highest BCUT2D eigenvalue weighted by Crippen LogP contribution is 2.25. The van der Waals surface area contributed by atoms with Gasteiger partial charge in [-0.15, -0.1) is 0 Å². The predicted octanol–water partition coefficient (Wildman–Crippen LogP) is 3.93. The molecule has 0 aliphatic carbocycles. The number of rotatable bonds is 9. The summed E-state index contributed by atoms with van der Waals surface area (Å²) in [5.74, 6) is -1.45. The Balaban J connectivity index is 1.87. The molecule has 0 fully saturated rings. The Morgan fingerprint density at radius 3 is 2.38 bits per heavy atom. The highest BCUT2D eigenvalue weighted by molar-refractivity contribution is 6.32. The van der Waals surface area contributed by atoms with E-state index in [1.165, 1.54) is 24.3 Å². The predicted molar refractivity (Wildman–Crippen MR) is 120 cm³/mol. The normalized spacial score (nSPS) is 10.6. The van der Waals surface area contributed by atoms with E-state index in [4.69, 9.17) is 16.3 Å². The Bertz CT molecular complexity index is 1030. The summed E-state index contributed by atoms with van der Waals surface area (Å²) in [6, 6.07) is 10.5. The fourth-order valence-electron chi connectivity index (χ4n) is 2.71. The summed E-state index contributed by atoms with van der Waals surface area (Å²) >= 11 is 5.74. The van der Waals surface area contributed by atoms with E-state index in [1.807, 2.05) is 13.8 Å². The molecule has 0 spiro atoms. The van der Waals surface area contributed by atoms with Gasteiger partial charge in [-0.2, -0.15) is 0 Å². The van der Waals surface area contributed by atoms with Crippen LogP contribution in [0.25, 0.3) is 6.08 Å². The van der Waals surface area contributed by atoms with Gasteiger partial charge in [0.1, 0.15) is 5.02 Å². The fourth-order valence-corrected chi connectivity index (χ4v) is 2.90. The zero-order chi connectivity index (χ0) is 23.7. The molecule has 2 rings (SSSR count). The number of benzene rings is 2. The number of nitro benzene ring substituents is 1. The molecular weight excluding hydrogens is 438 g/mol. The molecule has 0 unspecified atom stereocenters. The third-order valence-electron chi connectivity index (χ3n) is 4.39. The topological polar surface area (TPSA) is 119 Å². The Kier molecular flexibility index (Phi) is 8.91. The van der Waals surface area contributed by atoms with Crippen LogP contribution in [0.5, 0.6) is 0 Å². The van der Waals surface area contributed by atoms with Crippen molar-refractivity contribution in [2.45, 2.75) is 13.8 Å². The highest BCUT2D eigenvalue weighted by Gasteiger charge is 2.13. The van der Waals surface area contributed by atoms with E-state index in [9.17, 15) is 24.5 Å². The van der Waals surface area contributed by atoms with Gasteiger partial charge in [-0.3, -0.25) is 19.7 Å². The van der Waals surface area contributed by atoms with Gasteiger partial charge in [0, 0.05) is 36.5 Å². The molecule has 0 saturated carbocycles. The van der Waals surface area contributed by atoms with E-state index in [1.54, 1.807) is 29.2 Å². The van der Waals surface area contributed by atoms with Gasteiger partial charge in [0.2, 0.25) is 0 Å². The van der Waals surface area contributed by atoms with Crippen LogP contribution in [-0.4, -0.2) is 47.3 Å². The average Bonchev–Trinajstić information content (AvgIpc) is 2.78. The van der Waals surface area contributed by atoms with Crippen LogP contribution in [0.15, 0.2) is 48.5 Å². The maximum absolute atomic E-state index is 12.3. The van der Waals surface area contributed by atoms with Gasteiger partial charge in [-0.1, -0.05) is 17.7 Å². The molecule has 0 heterocycles. The molecule has 0 bridgehead atoms. The number of anilines is 1. The van der Waals surface area contributed by atoms with E-state index >= 15 is 0 Å². The summed E-state index contributed by atoms with van der Waals surface area (Å²) < 4.78 is 4.86. The van der Waals surface area contributed by atoms with E-state index in [0.29, 0.717) is 29.9 Å². The Hall–Kier alpha value is -3.72. The third-order valence-corrected chi connectivity index (χ3v) is 4.71.